The molecule has 0 aliphatic rings. The van der Waals surface area contributed by atoms with Crippen molar-refractivity contribution in [2.24, 2.45) is 0 Å². The molecule has 5 heteroatoms. The van der Waals surface area contributed by atoms with E-state index in [0.29, 0.717) is 6.42 Å². The molecular formula is C21H36O5. The smallest absolute Gasteiger partial charge is 0.345 e. The Morgan fingerprint density at radius 3 is 2.08 bits per heavy atom. The molecular weight excluding hydrogens is 332 g/mol. The van der Waals surface area contributed by atoms with Crippen molar-refractivity contribution in [1.29, 1.82) is 0 Å². The molecule has 5 nitrogen and oxygen atoms in total. The van der Waals surface area contributed by atoms with Crippen molar-refractivity contribution >= 4 is 0 Å². The van der Waals surface area contributed by atoms with Crippen molar-refractivity contribution in [3.63, 3.8) is 0 Å². The Bertz CT molecular complexity index is 562. The van der Waals surface area contributed by atoms with Crippen LogP contribution in [0.3, 0.4) is 0 Å². The van der Waals surface area contributed by atoms with Gasteiger partial charge in [-0.1, -0.05) is 71.1 Å². The molecule has 0 aliphatic heterocycles. The van der Waals surface area contributed by atoms with Crippen LogP contribution in [0.25, 0.3) is 0 Å². The van der Waals surface area contributed by atoms with Gasteiger partial charge in [0.05, 0.1) is 13.7 Å². The van der Waals surface area contributed by atoms with Gasteiger partial charge in [0, 0.05) is 6.07 Å². The molecule has 1 unspecified atom stereocenters. The van der Waals surface area contributed by atoms with Gasteiger partial charge in [-0.3, -0.25) is 0 Å². The van der Waals surface area contributed by atoms with Gasteiger partial charge in [-0.15, -0.1) is 0 Å². The molecule has 0 amide bonds. The van der Waals surface area contributed by atoms with Crippen LogP contribution in [0.1, 0.15) is 95.8 Å². The maximum absolute atomic E-state index is 11.9. The average Bonchev–Trinajstić information content (AvgIpc) is 2.62. The molecule has 0 saturated heterocycles. The fourth-order valence-corrected chi connectivity index (χ4v) is 3.17. The summed E-state index contributed by atoms with van der Waals surface area (Å²) in [5, 5.41) is 19.9. The molecule has 0 aromatic carbocycles. The van der Waals surface area contributed by atoms with Crippen LogP contribution in [0.15, 0.2) is 15.3 Å². The number of ether oxygens (including phenoxy) is 1. The third-order valence-corrected chi connectivity index (χ3v) is 4.93. The fraction of sp³-hybridized carbons (Fsp3) is 0.762. The second-order valence-corrected chi connectivity index (χ2v) is 7.31. The molecule has 0 aliphatic carbocycles. The summed E-state index contributed by atoms with van der Waals surface area (Å²) in [4.78, 5) is 11.9. The normalized spacial score (nSPS) is 13.6. The van der Waals surface area contributed by atoms with E-state index < -0.39 is 17.8 Å². The van der Waals surface area contributed by atoms with Crippen molar-refractivity contribution in [3.05, 3.63) is 27.8 Å². The van der Waals surface area contributed by atoms with E-state index in [2.05, 4.69) is 6.92 Å². The van der Waals surface area contributed by atoms with Gasteiger partial charge in [0.1, 0.15) is 22.7 Å². The van der Waals surface area contributed by atoms with E-state index in [4.69, 9.17) is 9.15 Å². The Morgan fingerprint density at radius 2 is 1.58 bits per heavy atom. The van der Waals surface area contributed by atoms with Gasteiger partial charge < -0.3 is 19.4 Å². The van der Waals surface area contributed by atoms with Crippen LogP contribution in [0, 0.1) is 0 Å². The van der Waals surface area contributed by atoms with Crippen LogP contribution in [0.2, 0.25) is 0 Å². The van der Waals surface area contributed by atoms with Crippen molar-refractivity contribution in [3.8, 4) is 5.75 Å². The van der Waals surface area contributed by atoms with Gasteiger partial charge in [-0.25, -0.2) is 4.79 Å². The molecule has 1 heterocycles. The number of rotatable bonds is 14. The van der Waals surface area contributed by atoms with Crippen molar-refractivity contribution in [2.75, 3.05) is 7.11 Å². The summed E-state index contributed by atoms with van der Waals surface area (Å²) in [6, 6.07) is 1.50. The average molecular weight is 369 g/mol. The number of aliphatic hydroxyl groups is 2. The second kappa shape index (κ2) is 12.1. The topological polar surface area (TPSA) is 79.9 Å². The zero-order chi connectivity index (χ0) is 19.4. The molecule has 0 radical (unpaired) electrons. The van der Waals surface area contributed by atoms with Gasteiger partial charge >= 0.3 is 5.63 Å². The van der Waals surface area contributed by atoms with Crippen LogP contribution < -0.4 is 10.4 Å². The van der Waals surface area contributed by atoms with E-state index >= 15 is 0 Å². The van der Waals surface area contributed by atoms with Crippen LogP contribution in [-0.4, -0.2) is 17.3 Å². The lowest BCUT2D eigenvalue weighted by atomic mass is 9.94. The highest BCUT2D eigenvalue weighted by Crippen LogP contribution is 2.30. The summed E-state index contributed by atoms with van der Waals surface area (Å²) in [6.45, 7) is 3.43. The molecule has 150 valence electrons. The molecule has 1 aromatic rings. The van der Waals surface area contributed by atoms with Crippen LogP contribution in [0.4, 0.5) is 0 Å². The molecule has 0 saturated carbocycles. The van der Waals surface area contributed by atoms with Gasteiger partial charge in [0.25, 0.3) is 0 Å². The molecule has 1 aromatic heterocycles. The molecule has 1 rings (SSSR count). The Kier molecular flexibility index (Phi) is 10.6. The van der Waals surface area contributed by atoms with Gasteiger partial charge in [0.2, 0.25) is 0 Å². The highest BCUT2D eigenvalue weighted by molar-refractivity contribution is 5.32. The lowest BCUT2D eigenvalue weighted by molar-refractivity contribution is 0.0188. The van der Waals surface area contributed by atoms with E-state index in [1.165, 1.54) is 64.5 Å². The number of hydrogen-bond acceptors (Lipinski definition) is 5. The van der Waals surface area contributed by atoms with E-state index in [-0.39, 0.29) is 17.1 Å². The molecule has 1 atom stereocenters. The third kappa shape index (κ3) is 7.50. The van der Waals surface area contributed by atoms with E-state index in [0.717, 1.165) is 12.8 Å². The van der Waals surface area contributed by atoms with Gasteiger partial charge in [0.15, 0.2) is 0 Å². The first kappa shape index (κ1) is 22.7. The summed E-state index contributed by atoms with van der Waals surface area (Å²) < 4.78 is 10.3. The second-order valence-electron chi connectivity index (χ2n) is 7.31. The SMILES string of the molecule is CCCCCCCCCCCCC(C)(O)c1cc(OC)c(CO)c(=O)o1. The zero-order valence-corrected chi connectivity index (χ0v) is 16.7. The summed E-state index contributed by atoms with van der Waals surface area (Å²) in [6.07, 6.45) is 12.8. The van der Waals surface area contributed by atoms with Crippen LogP contribution in [0.5, 0.6) is 5.75 Å². The number of hydrogen-bond donors (Lipinski definition) is 2. The number of aliphatic hydroxyl groups excluding tert-OH is 1. The highest BCUT2D eigenvalue weighted by Gasteiger charge is 2.28. The van der Waals surface area contributed by atoms with Gasteiger partial charge in [-0.05, 0) is 13.3 Å². The third-order valence-electron chi connectivity index (χ3n) is 4.93. The molecule has 26 heavy (non-hydrogen) atoms. The minimum Gasteiger partial charge on any atom is -0.496 e. The predicted molar refractivity (Wildman–Crippen MR) is 103 cm³/mol. The minimum absolute atomic E-state index is 0.0750. The largest absolute Gasteiger partial charge is 0.496 e. The maximum atomic E-state index is 11.9. The Labute approximate surface area is 157 Å². The first-order chi connectivity index (χ1) is 12.5. The van der Waals surface area contributed by atoms with Crippen molar-refractivity contribution in [2.45, 2.75) is 96.7 Å². The zero-order valence-electron chi connectivity index (χ0n) is 16.7. The van der Waals surface area contributed by atoms with Crippen molar-refractivity contribution in [1.82, 2.24) is 0 Å². The highest BCUT2D eigenvalue weighted by atomic mass is 16.5. The summed E-state index contributed by atoms with van der Waals surface area (Å²) >= 11 is 0. The summed E-state index contributed by atoms with van der Waals surface area (Å²) in [7, 11) is 1.43. The predicted octanol–water partition coefficient (Wildman–Crippen LogP) is 4.66. The van der Waals surface area contributed by atoms with Crippen LogP contribution >= 0.6 is 0 Å². The van der Waals surface area contributed by atoms with E-state index in [1.807, 2.05) is 0 Å². The minimum atomic E-state index is -1.22. The standard InChI is InChI=1S/C21H36O5/c1-4-5-6-7-8-9-10-11-12-13-14-21(2,24)19-15-18(25-3)17(16-22)20(23)26-19/h15,22,24H,4-14,16H2,1-3H3. The molecule has 0 fully saturated rings. The fourth-order valence-electron chi connectivity index (χ4n) is 3.17. The van der Waals surface area contributed by atoms with Gasteiger partial charge in [-0.2, -0.15) is 0 Å². The van der Waals surface area contributed by atoms with Crippen molar-refractivity contribution < 1.29 is 19.4 Å². The quantitative estimate of drug-likeness (QED) is 0.467. The first-order valence-electron chi connectivity index (χ1n) is 10.0. The van der Waals surface area contributed by atoms with E-state index in [1.54, 1.807) is 6.92 Å². The summed E-state index contributed by atoms with van der Waals surface area (Å²) in [5.41, 5.74) is -1.81. The molecule has 0 bridgehead atoms. The van der Waals surface area contributed by atoms with Crippen LogP contribution in [-0.2, 0) is 12.2 Å². The maximum Gasteiger partial charge on any atom is 0.345 e. The Hall–Kier alpha value is -1.33. The Morgan fingerprint density at radius 1 is 1.04 bits per heavy atom. The molecule has 0 spiro atoms. The molecule has 2 N–H and O–H groups in total. The van der Waals surface area contributed by atoms with E-state index in [9.17, 15) is 15.0 Å². The lowest BCUT2D eigenvalue weighted by Gasteiger charge is -2.22. The number of unbranched alkanes of at least 4 members (excludes halogenated alkanes) is 9. The Balaban J connectivity index is 2.38. The monoisotopic (exact) mass is 368 g/mol. The first-order valence-corrected chi connectivity index (χ1v) is 10.0. The summed E-state index contributed by atoms with van der Waals surface area (Å²) in [5.74, 6) is 0.439. The number of methoxy groups -OCH3 is 1. The lowest BCUT2D eigenvalue weighted by Crippen LogP contribution is -2.24.